The molecule has 0 aliphatic heterocycles. The molecule has 0 aliphatic carbocycles. The van der Waals surface area contributed by atoms with Crippen LogP contribution in [0.1, 0.15) is 32.6 Å². The minimum atomic E-state index is -1.00. The number of unbranched alkanes of at least 4 members (excludes halogenated alkanes) is 1. The van der Waals surface area contributed by atoms with Crippen molar-refractivity contribution in [2.75, 3.05) is 0 Å². The molecule has 0 fully saturated rings. The number of carboxylic acids is 1. The van der Waals surface area contributed by atoms with Gasteiger partial charge in [-0.25, -0.2) is 4.79 Å². The molecule has 0 aliphatic rings. The third-order valence-electron chi connectivity index (χ3n) is 1.95. The van der Waals surface area contributed by atoms with Gasteiger partial charge in [0, 0.05) is 12.5 Å². The summed E-state index contributed by atoms with van der Waals surface area (Å²) in [6, 6.07) is 1.86. The highest BCUT2D eigenvalue weighted by molar-refractivity contribution is 5.85. The monoisotopic (exact) mass is 225 g/mol. The van der Waals surface area contributed by atoms with Crippen LogP contribution in [0.5, 0.6) is 0 Å². The van der Waals surface area contributed by atoms with Gasteiger partial charge in [-0.1, -0.05) is 6.58 Å². The predicted octanol–water partition coefficient (Wildman–Crippen LogP) is 1.64. The van der Waals surface area contributed by atoms with Gasteiger partial charge < -0.3 is 9.84 Å². The zero-order valence-corrected chi connectivity index (χ0v) is 9.23. The zero-order chi connectivity index (χ0) is 12.6. The van der Waals surface area contributed by atoms with Crippen LogP contribution in [0.4, 0.5) is 0 Å². The highest BCUT2D eigenvalue weighted by Crippen LogP contribution is 2.10. The first-order chi connectivity index (χ1) is 7.47. The molecule has 0 radical (unpaired) electrons. The Balaban J connectivity index is 3.72. The van der Waals surface area contributed by atoms with Crippen molar-refractivity contribution in [1.29, 1.82) is 5.26 Å². The molecule has 0 aromatic carbocycles. The number of carbonyl (C=O) groups is 2. The Kier molecular flexibility index (Phi) is 6.61. The molecule has 0 aromatic heterocycles. The molecule has 0 aromatic rings. The summed E-state index contributed by atoms with van der Waals surface area (Å²) in [6.45, 7) is 4.64. The van der Waals surface area contributed by atoms with Crippen molar-refractivity contribution in [2.24, 2.45) is 0 Å². The molecule has 0 amide bonds. The number of hydrogen-bond acceptors (Lipinski definition) is 4. The van der Waals surface area contributed by atoms with E-state index in [1.807, 2.05) is 6.07 Å². The van der Waals surface area contributed by atoms with E-state index in [0.29, 0.717) is 25.7 Å². The average molecular weight is 225 g/mol. The van der Waals surface area contributed by atoms with Crippen LogP contribution in [0, 0.1) is 11.3 Å². The van der Waals surface area contributed by atoms with Gasteiger partial charge in [-0.3, -0.25) is 4.79 Å². The lowest BCUT2D eigenvalue weighted by atomic mass is 10.1. The molecule has 1 N–H and O–H groups in total. The van der Waals surface area contributed by atoms with E-state index < -0.39 is 18.0 Å². The van der Waals surface area contributed by atoms with E-state index in [1.165, 1.54) is 6.92 Å². The molecule has 5 heteroatoms. The van der Waals surface area contributed by atoms with E-state index in [-0.39, 0.29) is 5.57 Å². The standard InChI is InChI=1S/C11H15NO4/c1-8(11(14)15)5-3-4-6-10(7-12)16-9(2)13/h10H,1,3-6H2,2H3,(H,14,15). The van der Waals surface area contributed by atoms with E-state index in [1.54, 1.807) is 0 Å². The Labute approximate surface area is 94.3 Å². The lowest BCUT2D eigenvalue weighted by Crippen LogP contribution is -2.13. The Bertz CT molecular complexity index is 316. The Morgan fingerprint density at radius 1 is 1.50 bits per heavy atom. The largest absolute Gasteiger partial charge is 0.478 e. The SMILES string of the molecule is C=C(CCCCC(C#N)OC(C)=O)C(=O)O. The van der Waals surface area contributed by atoms with Crippen molar-refractivity contribution in [3.63, 3.8) is 0 Å². The molecule has 5 nitrogen and oxygen atoms in total. The Hall–Kier alpha value is -1.83. The van der Waals surface area contributed by atoms with Crippen LogP contribution in [-0.4, -0.2) is 23.1 Å². The van der Waals surface area contributed by atoms with Crippen molar-refractivity contribution in [3.05, 3.63) is 12.2 Å². The van der Waals surface area contributed by atoms with Gasteiger partial charge in [0.05, 0.1) is 0 Å². The molecule has 0 rings (SSSR count). The molecule has 0 saturated carbocycles. The molecule has 0 bridgehead atoms. The molecule has 0 heterocycles. The fraction of sp³-hybridized carbons (Fsp3) is 0.545. The fourth-order valence-electron chi connectivity index (χ4n) is 1.13. The first-order valence-electron chi connectivity index (χ1n) is 4.95. The number of hydrogen-bond donors (Lipinski definition) is 1. The molecule has 1 atom stereocenters. The van der Waals surface area contributed by atoms with Crippen molar-refractivity contribution in [3.8, 4) is 6.07 Å². The number of aliphatic carboxylic acids is 1. The lowest BCUT2D eigenvalue weighted by Gasteiger charge is -2.08. The minimum absolute atomic E-state index is 0.154. The topological polar surface area (TPSA) is 87.4 Å². The Morgan fingerprint density at radius 2 is 2.12 bits per heavy atom. The third kappa shape index (κ3) is 6.60. The van der Waals surface area contributed by atoms with Gasteiger partial charge in [0.2, 0.25) is 0 Å². The van der Waals surface area contributed by atoms with Gasteiger partial charge >= 0.3 is 11.9 Å². The highest BCUT2D eigenvalue weighted by atomic mass is 16.5. The van der Waals surface area contributed by atoms with E-state index in [0.717, 1.165) is 0 Å². The second-order valence-corrected chi connectivity index (χ2v) is 3.38. The van der Waals surface area contributed by atoms with E-state index in [2.05, 4.69) is 6.58 Å². The summed E-state index contributed by atoms with van der Waals surface area (Å²) in [5, 5.41) is 17.2. The quantitative estimate of drug-likeness (QED) is 0.404. The van der Waals surface area contributed by atoms with Crippen molar-refractivity contribution in [2.45, 2.75) is 38.7 Å². The van der Waals surface area contributed by atoms with Crippen LogP contribution < -0.4 is 0 Å². The summed E-state index contributed by atoms with van der Waals surface area (Å²) in [6.07, 6.45) is 1.30. The number of ether oxygens (including phenoxy) is 1. The molecular formula is C11H15NO4. The van der Waals surface area contributed by atoms with Crippen LogP contribution >= 0.6 is 0 Å². The van der Waals surface area contributed by atoms with E-state index >= 15 is 0 Å². The van der Waals surface area contributed by atoms with E-state index in [9.17, 15) is 9.59 Å². The maximum atomic E-state index is 10.6. The van der Waals surface area contributed by atoms with Gasteiger partial charge in [-0.15, -0.1) is 0 Å². The number of esters is 1. The summed E-state index contributed by atoms with van der Waals surface area (Å²) in [7, 11) is 0. The van der Waals surface area contributed by atoms with Gasteiger partial charge in [0.1, 0.15) is 6.07 Å². The smallest absolute Gasteiger partial charge is 0.330 e. The molecular weight excluding hydrogens is 210 g/mol. The normalized spacial score (nSPS) is 11.2. The van der Waals surface area contributed by atoms with E-state index in [4.69, 9.17) is 15.1 Å². The van der Waals surface area contributed by atoms with Gasteiger partial charge in [0.25, 0.3) is 0 Å². The number of carbonyl (C=O) groups excluding carboxylic acids is 1. The minimum Gasteiger partial charge on any atom is -0.478 e. The van der Waals surface area contributed by atoms with Crippen LogP contribution in [0.15, 0.2) is 12.2 Å². The van der Waals surface area contributed by atoms with Crippen LogP contribution in [-0.2, 0) is 14.3 Å². The van der Waals surface area contributed by atoms with Crippen molar-refractivity contribution < 1.29 is 19.4 Å². The molecule has 0 saturated heterocycles. The number of nitriles is 1. The highest BCUT2D eigenvalue weighted by Gasteiger charge is 2.10. The van der Waals surface area contributed by atoms with Gasteiger partial charge in [0.15, 0.2) is 6.10 Å². The first kappa shape index (κ1) is 14.2. The molecule has 0 spiro atoms. The third-order valence-corrected chi connectivity index (χ3v) is 1.95. The van der Waals surface area contributed by atoms with Crippen molar-refractivity contribution >= 4 is 11.9 Å². The second kappa shape index (κ2) is 7.46. The number of nitrogens with zero attached hydrogens (tertiary/aromatic N) is 1. The summed E-state index contributed by atoms with van der Waals surface area (Å²) >= 11 is 0. The zero-order valence-electron chi connectivity index (χ0n) is 9.23. The summed E-state index contributed by atoms with van der Waals surface area (Å²) in [5.41, 5.74) is 0.154. The fourth-order valence-corrected chi connectivity index (χ4v) is 1.13. The average Bonchev–Trinajstić information content (AvgIpc) is 2.21. The van der Waals surface area contributed by atoms with Gasteiger partial charge in [-0.2, -0.15) is 5.26 Å². The Morgan fingerprint density at radius 3 is 2.56 bits per heavy atom. The maximum absolute atomic E-state index is 10.6. The molecule has 16 heavy (non-hydrogen) atoms. The summed E-state index contributed by atoms with van der Waals surface area (Å²) < 4.78 is 4.72. The molecule has 88 valence electrons. The number of carboxylic acid groups (broad SMARTS) is 1. The maximum Gasteiger partial charge on any atom is 0.330 e. The second-order valence-electron chi connectivity index (χ2n) is 3.38. The summed E-state index contributed by atoms with van der Waals surface area (Å²) in [4.78, 5) is 21.0. The summed E-state index contributed by atoms with van der Waals surface area (Å²) in [5.74, 6) is -1.49. The first-order valence-corrected chi connectivity index (χ1v) is 4.95. The predicted molar refractivity (Wildman–Crippen MR) is 56.4 cm³/mol. The van der Waals surface area contributed by atoms with Crippen molar-refractivity contribution in [1.82, 2.24) is 0 Å². The van der Waals surface area contributed by atoms with Crippen LogP contribution in [0.25, 0.3) is 0 Å². The number of rotatable bonds is 7. The molecule has 1 unspecified atom stereocenters. The van der Waals surface area contributed by atoms with Crippen LogP contribution in [0.2, 0.25) is 0 Å². The van der Waals surface area contributed by atoms with Gasteiger partial charge in [-0.05, 0) is 25.7 Å². The van der Waals surface area contributed by atoms with Crippen LogP contribution in [0.3, 0.4) is 0 Å². The lowest BCUT2D eigenvalue weighted by molar-refractivity contribution is -0.144.